The molecule has 2 atom stereocenters. The Morgan fingerprint density at radius 2 is 2.19 bits per heavy atom. The van der Waals surface area contributed by atoms with Gasteiger partial charge in [0.05, 0.1) is 24.1 Å². The number of anilines is 1. The maximum atomic E-state index is 11.9. The van der Waals surface area contributed by atoms with Crippen LogP contribution in [0.3, 0.4) is 0 Å². The molecule has 114 valence electrons. The van der Waals surface area contributed by atoms with Crippen LogP contribution < -0.4 is 4.90 Å². The third-order valence-corrected chi connectivity index (χ3v) is 4.45. The molecule has 2 bridgehead atoms. The number of ether oxygens (including phenoxy) is 1. The van der Waals surface area contributed by atoms with Gasteiger partial charge in [-0.1, -0.05) is 0 Å². The molecule has 0 aliphatic carbocycles. The van der Waals surface area contributed by atoms with Crippen LogP contribution in [0.2, 0.25) is 0 Å². The first kappa shape index (κ1) is 14.3. The summed E-state index contributed by atoms with van der Waals surface area (Å²) in [6, 6.07) is 2.49. The van der Waals surface area contributed by atoms with Crippen LogP contribution >= 0.6 is 0 Å². The first-order chi connectivity index (χ1) is 10.3. The van der Waals surface area contributed by atoms with Gasteiger partial charge in [0.2, 0.25) is 0 Å². The molecule has 1 aromatic rings. The van der Waals surface area contributed by atoms with E-state index in [9.17, 15) is 4.79 Å². The SMILES string of the molecule is CCOC(=O)c1cncc(N2CCN3CCCC2CC3)c1. The van der Waals surface area contributed by atoms with Gasteiger partial charge in [-0.05, 0) is 38.8 Å². The predicted octanol–water partition coefficient (Wildman–Crippen LogP) is 1.93. The molecule has 2 fully saturated rings. The van der Waals surface area contributed by atoms with Crippen molar-refractivity contribution in [2.24, 2.45) is 0 Å². The minimum absolute atomic E-state index is 0.285. The number of pyridine rings is 1. The zero-order valence-electron chi connectivity index (χ0n) is 12.6. The third-order valence-electron chi connectivity index (χ3n) is 4.45. The highest BCUT2D eigenvalue weighted by molar-refractivity contribution is 5.90. The van der Waals surface area contributed by atoms with E-state index >= 15 is 0 Å². The van der Waals surface area contributed by atoms with Gasteiger partial charge in [0.25, 0.3) is 0 Å². The van der Waals surface area contributed by atoms with Crippen LogP contribution in [0, 0.1) is 0 Å². The average Bonchev–Trinajstić information content (AvgIpc) is 2.83. The van der Waals surface area contributed by atoms with E-state index in [0.29, 0.717) is 18.2 Å². The maximum Gasteiger partial charge on any atom is 0.339 e. The molecule has 2 unspecified atom stereocenters. The lowest BCUT2D eigenvalue weighted by Gasteiger charge is -2.33. The Labute approximate surface area is 125 Å². The molecule has 3 rings (SSSR count). The normalized spacial score (nSPS) is 25.3. The molecule has 0 amide bonds. The Hall–Kier alpha value is -1.62. The maximum absolute atomic E-state index is 11.9. The van der Waals surface area contributed by atoms with Crippen molar-refractivity contribution in [3.8, 4) is 0 Å². The van der Waals surface area contributed by atoms with Crippen molar-refractivity contribution < 1.29 is 9.53 Å². The number of nitrogens with zero attached hydrogens (tertiary/aromatic N) is 3. The van der Waals surface area contributed by atoms with Crippen LogP contribution in [0.1, 0.15) is 36.5 Å². The third kappa shape index (κ3) is 3.18. The number of rotatable bonds is 3. The van der Waals surface area contributed by atoms with Crippen molar-refractivity contribution in [1.82, 2.24) is 9.88 Å². The van der Waals surface area contributed by atoms with Crippen LogP contribution in [-0.4, -0.2) is 54.7 Å². The molecule has 5 heteroatoms. The number of carbonyl (C=O) groups is 1. The highest BCUT2D eigenvalue weighted by atomic mass is 16.5. The molecule has 21 heavy (non-hydrogen) atoms. The first-order valence-electron chi connectivity index (χ1n) is 7.89. The number of fused-ring (bicyclic) bond motifs is 3. The molecule has 5 nitrogen and oxygen atoms in total. The van der Waals surface area contributed by atoms with E-state index in [1.807, 2.05) is 19.2 Å². The number of aromatic nitrogens is 1. The molecular formula is C16H23N3O2. The molecule has 0 saturated carbocycles. The Balaban J connectivity index is 1.82. The minimum atomic E-state index is -0.285. The summed E-state index contributed by atoms with van der Waals surface area (Å²) in [6.45, 7) is 6.74. The van der Waals surface area contributed by atoms with Crippen molar-refractivity contribution in [3.63, 3.8) is 0 Å². The van der Waals surface area contributed by atoms with E-state index in [-0.39, 0.29) is 5.97 Å². The summed E-state index contributed by atoms with van der Waals surface area (Å²) >= 11 is 0. The fraction of sp³-hybridized carbons (Fsp3) is 0.625. The van der Waals surface area contributed by atoms with Gasteiger partial charge in [-0.3, -0.25) is 4.98 Å². The minimum Gasteiger partial charge on any atom is -0.462 e. The second-order valence-electron chi connectivity index (χ2n) is 5.77. The van der Waals surface area contributed by atoms with E-state index in [2.05, 4.69) is 14.8 Å². The van der Waals surface area contributed by atoms with E-state index in [4.69, 9.17) is 4.74 Å². The molecule has 2 aliphatic heterocycles. The molecule has 3 heterocycles. The number of hydrogen-bond donors (Lipinski definition) is 0. The van der Waals surface area contributed by atoms with Crippen molar-refractivity contribution in [2.75, 3.05) is 37.7 Å². The van der Waals surface area contributed by atoms with Gasteiger partial charge in [0.1, 0.15) is 0 Å². The second-order valence-corrected chi connectivity index (χ2v) is 5.77. The Morgan fingerprint density at radius 1 is 1.29 bits per heavy atom. The summed E-state index contributed by atoms with van der Waals surface area (Å²) in [5, 5.41) is 0. The summed E-state index contributed by atoms with van der Waals surface area (Å²) < 4.78 is 5.07. The summed E-state index contributed by atoms with van der Waals surface area (Å²) in [5.41, 5.74) is 1.60. The topological polar surface area (TPSA) is 45.7 Å². The molecule has 0 N–H and O–H groups in total. The van der Waals surface area contributed by atoms with Gasteiger partial charge in [-0.25, -0.2) is 4.79 Å². The lowest BCUT2D eigenvalue weighted by atomic mass is 10.1. The van der Waals surface area contributed by atoms with Crippen molar-refractivity contribution in [2.45, 2.75) is 32.2 Å². The quantitative estimate of drug-likeness (QED) is 0.796. The largest absolute Gasteiger partial charge is 0.462 e. The van der Waals surface area contributed by atoms with E-state index in [1.54, 1.807) is 6.20 Å². The summed E-state index contributed by atoms with van der Waals surface area (Å²) in [6.07, 6.45) is 7.13. The smallest absolute Gasteiger partial charge is 0.339 e. The molecular weight excluding hydrogens is 266 g/mol. The van der Waals surface area contributed by atoms with E-state index in [1.165, 1.54) is 32.4 Å². The summed E-state index contributed by atoms with van der Waals surface area (Å²) in [5.74, 6) is -0.285. The number of carbonyl (C=O) groups excluding carboxylic acids is 1. The standard InChI is InChI=1S/C16H23N3O2/c1-2-21-16(20)13-10-15(12-17-11-13)19-9-8-18-6-3-4-14(19)5-7-18/h10-12,14H,2-9H2,1H3. The lowest BCUT2D eigenvalue weighted by molar-refractivity contribution is 0.0526. The van der Waals surface area contributed by atoms with E-state index in [0.717, 1.165) is 18.8 Å². The molecule has 0 radical (unpaired) electrons. The van der Waals surface area contributed by atoms with Gasteiger partial charge in [-0.15, -0.1) is 0 Å². The zero-order chi connectivity index (χ0) is 14.7. The molecule has 0 spiro atoms. The monoisotopic (exact) mass is 289 g/mol. The van der Waals surface area contributed by atoms with Gasteiger partial charge >= 0.3 is 5.97 Å². The predicted molar refractivity (Wildman–Crippen MR) is 81.6 cm³/mol. The van der Waals surface area contributed by atoms with Gasteiger partial charge < -0.3 is 14.5 Å². The van der Waals surface area contributed by atoms with Crippen LogP contribution in [0.4, 0.5) is 5.69 Å². The molecule has 0 aromatic carbocycles. The second kappa shape index (κ2) is 6.43. The Bertz CT molecular complexity index is 506. The Kier molecular flexibility index (Phi) is 4.39. The summed E-state index contributed by atoms with van der Waals surface area (Å²) in [4.78, 5) is 21.1. The van der Waals surface area contributed by atoms with Crippen molar-refractivity contribution >= 4 is 11.7 Å². The summed E-state index contributed by atoms with van der Waals surface area (Å²) in [7, 11) is 0. The first-order valence-corrected chi connectivity index (χ1v) is 7.89. The van der Waals surface area contributed by atoms with Gasteiger partial charge in [0, 0.05) is 31.9 Å². The van der Waals surface area contributed by atoms with Crippen LogP contribution in [0.5, 0.6) is 0 Å². The zero-order valence-corrected chi connectivity index (χ0v) is 12.6. The van der Waals surface area contributed by atoms with Crippen LogP contribution in [-0.2, 0) is 4.74 Å². The molecule has 2 aliphatic rings. The van der Waals surface area contributed by atoms with Crippen LogP contribution in [0.15, 0.2) is 18.5 Å². The highest BCUT2D eigenvalue weighted by Crippen LogP contribution is 2.26. The fourth-order valence-electron chi connectivity index (χ4n) is 3.36. The highest BCUT2D eigenvalue weighted by Gasteiger charge is 2.27. The van der Waals surface area contributed by atoms with Gasteiger partial charge in [0.15, 0.2) is 0 Å². The van der Waals surface area contributed by atoms with Crippen molar-refractivity contribution in [3.05, 3.63) is 24.0 Å². The van der Waals surface area contributed by atoms with Gasteiger partial charge in [-0.2, -0.15) is 0 Å². The number of esters is 1. The van der Waals surface area contributed by atoms with Crippen molar-refractivity contribution in [1.29, 1.82) is 0 Å². The average molecular weight is 289 g/mol. The Morgan fingerprint density at radius 3 is 3.05 bits per heavy atom. The van der Waals surface area contributed by atoms with Crippen LogP contribution in [0.25, 0.3) is 0 Å². The number of hydrogen-bond acceptors (Lipinski definition) is 5. The fourth-order valence-corrected chi connectivity index (χ4v) is 3.36. The molecule has 2 saturated heterocycles. The lowest BCUT2D eigenvalue weighted by Crippen LogP contribution is -2.39. The molecule has 1 aromatic heterocycles. The van der Waals surface area contributed by atoms with E-state index < -0.39 is 0 Å².